The number of hydrogen-bond acceptors (Lipinski definition) is 3. The van der Waals surface area contributed by atoms with Crippen molar-refractivity contribution < 1.29 is 19.4 Å². The van der Waals surface area contributed by atoms with Crippen LogP contribution < -0.4 is 5.32 Å². The van der Waals surface area contributed by atoms with Crippen LogP contribution in [0.25, 0.3) is 10.9 Å². The SMILES string of the molecule is CC(C)(C)OC(=O)N[C@H](Cc1cc2ccccc2[nH]1)C(=O)O. The lowest BCUT2D eigenvalue weighted by Gasteiger charge is -2.21. The van der Waals surface area contributed by atoms with Crippen LogP contribution in [-0.2, 0) is 16.0 Å². The summed E-state index contributed by atoms with van der Waals surface area (Å²) in [5, 5.41) is 12.7. The van der Waals surface area contributed by atoms with Gasteiger partial charge in [-0.05, 0) is 38.3 Å². The van der Waals surface area contributed by atoms with Gasteiger partial charge in [0.1, 0.15) is 11.6 Å². The first-order valence-corrected chi connectivity index (χ1v) is 7.03. The lowest BCUT2D eigenvalue weighted by molar-refractivity contribution is -0.139. The number of carbonyl (C=O) groups excluding carboxylic acids is 1. The molecule has 0 aliphatic heterocycles. The van der Waals surface area contributed by atoms with Crippen molar-refractivity contribution in [3.8, 4) is 0 Å². The van der Waals surface area contributed by atoms with Crippen LogP contribution in [0.4, 0.5) is 4.79 Å². The van der Waals surface area contributed by atoms with Crippen molar-refractivity contribution in [1.82, 2.24) is 10.3 Å². The summed E-state index contributed by atoms with van der Waals surface area (Å²) < 4.78 is 5.09. The zero-order valence-corrected chi connectivity index (χ0v) is 12.8. The molecule has 3 N–H and O–H groups in total. The highest BCUT2D eigenvalue weighted by atomic mass is 16.6. The normalized spacial score (nSPS) is 12.9. The molecule has 1 atom stereocenters. The molecule has 1 aromatic heterocycles. The molecule has 6 nitrogen and oxygen atoms in total. The Morgan fingerprint density at radius 3 is 2.59 bits per heavy atom. The molecule has 0 unspecified atom stereocenters. The van der Waals surface area contributed by atoms with Crippen molar-refractivity contribution >= 4 is 23.0 Å². The van der Waals surface area contributed by atoms with Crippen LogP contribution in [0.15, 0.2) is 30.3 Å². The average Bonchev–Trinajstić information content (AvgIpc) is 2.77. The van der Waals surface area contributed by atoms with Crippen molar-refractivity contribution in [1.29, 1.82) is 0 Å². The lowest BCUT2D eigenvalue weighted by atomic mass is 10.1. The third-order valence-electron chi connectivity index (χ3n) is 3.00. The van der Waals surface area contributed by atoms with Crippen molar-refractivity contribution in [3.63, 3.8) is 0 Å². The number of ether oxygens (including phenoxy) is 1. The van der Waals surface area contributed by atoms with Crippen LogP contribution in [0.2, 0.25) is 0 Å². The van der Waals surface area contributed by atoms with Crippen LogP contribution in [0.1, 0.15) is 26.5 Å². The highest BCUT2D eigenvalue weighted by molar-refractivity contribution is 5.82. The number of carboxylic acid groups (broad SMARTS) is 1. The Kier molecular flexibility index (Phi) is 4.40. The number of hydrogen-bond donors (Lipinski definition) is 3. The van der Waals surface area contributed by atoms with Crippen LogP contribution in [0.3, 0.4) is 0 Å². The average molecular weight is 304 g/mol. The van der Waals surface area contributed by atoms with Gasteiger partial charge in [0, 0.05) is 17.6 Å². The molecule has 6 heteroatoms. The summed E-state index contributed by atoms with van der Waals surface area (Å²) in [7, 11) is 0. The Morgan fingerprint density at radius 1 is 1.32 bits per heavy atom. The number of aliphatic carboxylic acids is 1. The Bertz CT molecular complexity index is 652. The van der Waals surface area contributed by atoms with Gasteiger partial charge in [-0.3, -0.25) is 0 Å². The summed E-state index contributed by atoms with van der Waals surface area (Å²) in [5.41, 5.74) is 0.998. The Morgan fingerprint density at radius 2 is 2.00 bits per heavy atom. The summed E-state index contributed by atoms with van der Waals surface area (Å²) in [4.78, 5) is 26.2. The van der Waals surface area contributed by atoms with E-state index < -0.39 is 23.7 Å². The van der Waals surface area contributed by atoms with Crippen molar-refractivity contribution in [3.05, 3.63) is 36.0 Å². The summed E-state index contributed by atoms with van der Waals surface area (Å²) in [5.74, 6) is -1.11. The molecule has 0 saturated carbocycles. The van der Waals surface area contributed by atoms with E-state index in [2.05, 4.69) is 10.3 Å². The number of nitrogens with one attached hydrogen (secondary N) is 2. The molecule has 22 heavy (non-hydrogen) atoms. The van der Waals surface area contributed by atoms with Crippen LogP contribution in [0.5, 0.6) is 0 Å². The molecule has 0 aliphatic carbocycles. The Hall–Kier alpha value is -2.50. The van der Waals surface area contributed by atoms with Crippen molar-refractivity contribution in [2.75, 3.05) is 0 Å². The second-order valence-corrected chi connectivity index (χ2v) is 6.12. The number of alkyl carbamates (subject to hydrolysis) is 1. The predicted molar refractivity (Wildman–Crippen MR) is 82.8 cm³/mol. The summed E-state index contributed by atoms with van der Waals surface area (Å²) in [6.45, 7) is 5.17. The van der Waals surface area contributed by atoms with E-state index in [1.54, 1.807) is 20.8 Å². The number of rotatable bonds is 4. The first-order valence-electron chi connectivity index (χ1n) is 7.03. The highest BCUT2D eigenvalue weighted by Crippen LogP contribution is 2.16. The van der Waals surface area contributed by atoms with Crippen molar-refractivity contribution in [2.24, 2.45) is 0 Å². The quantitative estimate of drug-likeness (QED) is 0.810. The molecule has 118 valence electrons. The number of carboxylic acids is 1. The molecule has 1 aromatic carbocycles. The van der Waals surface area contributed by atoms with Gasteiger partial charge >= 0.3 is 12.1 Å². The molecular weight excluding hydrogens is 284 g/mol. The smallest absolute Gasteiger partial charge is 0.408 e. The zero-order valence-electron chi connectivity index (χ0n) is 12.8. The molecule has 0 bridgehead atoms. The van der Waals surface area contributed by atoms with E-state index in [-0.39, 0.29) is 6.42 Å². The second kappa shape index (κ2) is 6.09. The monoisotopic (exact) mass is 304 g/mol. The van der Waals surface area contributed by atoms with Gasteiger partial charge in [0.15, 0.2) is 0 Å². The van der Waals surface area contributed by atoms with Gasteiger partial charge in [0.05, 0.1) is 0 Å². The molecule has 0 saturated heterocycles. The summed E-state index contributed by atoms with van der Waals surface area (Å²) in [6, 6.07) is 8.48. The maximum Gasteiger partial charge on any atom is 0.408 e. The van der Waals surface area contributed by atoms with Crippen molar-refractivity contribution in [2.45, 2.75) is 38.8 Å². The Balaban J connectivity index is 2.08. The molecule has 0 radical (unpaired) electrons. The molecule has 2 rings (SSSR count). The second-order valence-electron chi connectivity index (χ2n) is 6.12. The van der Waals surface area contributed by atoms with Gasteiger partial charge < -0.3 is 20.1 Å². The van der Waals surface area contributed by atoms with E-state index in [1.807, 2.05) is 30.3 Å². The molecule has 0 spiro atoms. The third-order valence-corrected chi connectivity index (χ3v) is 3.00. The predicted octanol–water partition coefficient (Wildman–Crippen LogP) is 2.69. The number of aromatic amines is 1. The van der Waals surface area contributed by atoms with Gasteiger partial charge in [0.25, 0.3) is 0 Å². The fourth-order valence-corrected chi connectivity index (χ4v) is 2.11. The molecular formula is C16H20N2O4. The molecule has 0 aliphatic rings. The van der Waals surface area contributed by atoms with E-state index in [0.29, 0.717) is 0 Å². The fourth-order valence-electron chi connectivity index (χ4n) is 2.11. The number of carbonyl (C=O) groups is 2. The Labute approximate surface area is 128 Å². The van der Waals surface area contributed by atoms with Gasteiger partial charge in [-0.1, -0.05) is 18.2 Å². The van der Waals surface area contributed by atoms with E-state index in [4.69, 9.17) is 4.74 Å². The van der Waals surface area contributed by atoms with Gasteiger partial charge in [-0.25, -0.2) is 9.59 Å². The molecule has 0 fully saturated rings. The first-order chi connectivity index (χ1) is 10.2. The molecule has 2 aromatic rings. The van der Waals surface area contributed by atoms with E-state index in [0.717, 1.165) is 16.6 Å². The fraction of sp³-hybridized carbons (Fsp3) is 0.375. The number of amides is 1. The minimum Gasteiger partial charge on any atom is -0.480 e. The van der Waals surface area contributed by atoms with Crippen LogP contribution in [0, 0.1) is 0 Å². The molecule has 1 heterocycles. The minimum absolute atomic E-state index is 0.156. The highest BCUT2D eigenvalue weighted by Gasteiger charge is 2.24. The number of fused-ring (bicyclic) bond motifs is 1. The van der Waals surface area contributed by atoms with Crippen LogP contribution in [-0.4, -0.2) is 33.8 Å². The number of aromatic nitrogens is 1. The maximum absolute atomic E-state index is 11.7. The zero-order chi connectivity index (χ0) is 16.3. The van der Waals surface area contributed by atoms with Gasteiger partial charge in [0.2, 0.25) is 0 Å². The standard InChI is InChI=1S/C16H20N2O4/c1-16(2,3)22-15(21)18-13(14(19)20)9-11-8-10-6-4-5-7-12(10)17-11/h4-8,13,17H,9H2,1-3H3,(H,18,21)(H,19,20)/t13-/m1/s1. The van der Waals surface area contributed by atoms with E-state index >= 15 is 0 Å². The largest absolute Gasteiger partial charge is 0.480 e. The first kappa shape index (κ1) is 15.9. The lowest BCUT2D eigenvalue weighted by Crippen LogP contribution is -2.44. The summed E-state index contributed by atoms with van der Waals surface area (Å²) in [6.07, 6.45) is -0.584. The minimum atomic E-state index is -1.11. The number of H-pyrrole nitrogens is 1. The third kappa shape index (κ3) is 4.25. The maximum atomic E-state index is 11.7. The van der Waals surface area contributed by atoms with Gasteiger partial charge in [-0.2, -0.15) is 0 Å². The topological polar surface area (TPSA) is 91.4 Å². The van der Waals surface area contributed by atoms with E-state index in [1.165, 1.54) is 0 Å². The molecule has 1 amide bonds. The van der Waals surface area contributed by atoms with Crippen LogP contribution >= 0.6 is 0 Å². The summed E-state index contributed by atoms with van der Waals surface area (Å²) >= 11 is 0. The number of benzene rings is 1. The number of para-hydroxylation sites is 1. The van der Waals surface area contributed by atoms with Gasteiger partial charge in [-0.15, -0.1) is 0 Å². The van der Waals surface area contributed by atoms with E-state index in [9.17, 15) is 14.7 Å².